The molecule has 0 radical (unpaired) electrons. The van der Waals surface area contributed by atoms with Gasteiger partial charge in [-0.25, -0.2) is 4.98 Å². The van der Waals surface area contributed by atoms with Crippen molar-refractivity contribution in [1.82, 2.24) is 4.98 Å². The van der Waals surface area contributed by atoms with Gasteiger partial charge in [0.05, 0.1) is 5.69 Å². The number of nitrogens with one attached hydrogen (secondary N) is 1. The first-order valence-electron chi connectivity index (χ1n) is 5.57. The molecular weight excluding hydrogens is 274 g/mol. The van der Waals surface area contributed by atoms with E-state index in [1.165, 1.54) is 11.3 Å². The largest absolute Gasteiger partial charge is 0.486 e. The fourth-order valence-electron chi connectivity index (χ4n) is 1.29. The van der Waals surface area contributed by atoms with Crippen LogP contribution in [0.5, 0.6) is 5.75 Å². The zero-order chi connectivity index (χ0) is 14.2. The number of thiazole rings is 1. The summed E-state index contributed by atoms with van der Waals surface area (Å²) < 4.78 is 5.55. The number of benzene rings is 1. The second-order valence-corrected chi connectivity index (χ2v) is 4.51. The smallest absolute Gasteiger partial charge is 0.237 e. The number of ether oxygens (including phenoxy) is 1. The lowest BCUT2D eigenvalue weighted by atomic mass is 10.3. The van der Waals surface area contributed by atoms with E-state index in [1.54, 1.807) is 42.6 Å². The van der Waals surface area contributed by atoms with E-state index in [0.717, 1.165) is 5.01 Å². The Morgan fingerprint density at radius 3 is 2.65 bits per heavy atom. The standard InChI is InChI=1S/C13H9N5OS/c14-7-11(8-15)18-17-10-1-3-12(4-2-10)19-9-13-16-5-6-20-13/h1-6,17H,9H2. The number of nitriles is 2. The van der Waals surface area contributed by atoms with E-state index in [-0.39, 0.29) is 5.71 Å². The van der Waals surface area contributed by atoms with Crippen molar-refractivity contribution >= 4 is 22.7 Å². The maximum atomic E-state index is 8.54. The number of nitrogens with zero attached hydrogens (tertiary/aromatic N) is 4. The molecule has 1 aromatic carbocycles. The molecule has 98 valence electrons. The highest BCUT2D eigenvalue weighted by molar-refractivity contribution is 7.09. The van der Waals surface area contributed by atoms with Gasteiger partial charge in [-0.05, 0) is 24.3 Å². The summed E-state index contributed by atoms with van der Waals surface area (Å²) in [6.45, 7) is 0.426. The molecule has 0 aliphatic carbocycles. The van der Waals surface area contributed by atoms with Crippen molar-refractivity contribution in [3.05, 3.63) is 40.8 Å². The summed E-state index contributed by atoms with van der Waals surface area (Å²) in [7, 11) is 0. The van der Waals surface area contributed by atoms with Crippen molar-refractivity contribution in [2.24, 2.45) is 5.10 Å². The normalized spacial score (nSPS) is 9.10. The van der Waals surface area contributed by atoms with Gasteiger partial charge >= 0.3 is 0 Å². The lowest BCUT2D eigenvalue weighted by molar-refractivity contribution is 0.305. The monoisotopic (exact) mass is 283 g/mol. The van der Waals surface area contributed by atoms with E-state index in [9.17, 15) is 0 Å². The molecule has 0 fully saturated rings. The second kappa shape index (κ2) is 6.88. The molecule has 0 amide bonds. The molecule has 1 aromatic heterocycles. The average Bonchev–Trinajstić information content (AvgIpc) is 3.01. The Balaban J connectivity index is 1.92. The Morgan fingerprint density at radius 1 is 1.30 bits per heavy atom. The van der Waals surface area contributed by atoms with E-state index >= 15 is 0 Å². The molecule has 0 saturated heterocycles. The highest BCUT2D eigenvalue weighted by Crippen LogP contribution is 2.17. The summed E-state index contributed by atoms with van der Waals surface area (Å²) in [5.41, 5.74) is 3.05. The molecule has 0 aliphatic heterocycles. The van der Waals surface area contributed by atoms with Crippen molar-refractivity contribution in [1.29, 1.82) is 10.5 Å². The zero-order valence-electron chi connectivity index (χ0n) is 10.3. The van der Waals surface area contributed by atoms with Gasteiger partial charge in [0.1, 0.15) is 29.5 Å². The molecule has 7 heteroatoms. The molecule has 0 bridgehead atoms. The molecule has 20 heavy (non-hydrogen) atoms. The van der Waals surface area contributed by atoms with Gasteiger partial charge in [0, 0.05) is 11.6 Å². The predicted molar refractivity (Wildman–Crippen MR) is 75.2 cm³/mol. The number of anilines is 1. The summed E-state index contributed by atoms with van der Waals surface area (Å²) in [6, 6.07) is 10.4. The summed E-state index contributed by atoms with van der Waals surface area (Å²) >= 11 is 1.53. The van der Waals surface area contributed by atoms with Crippen LogP contribution < -0.4 is 10.2 Å². The van der Waals surface area contributed by atoms with Crippen LogP contribution in [0.25, 0.3) is 0 Å². The third-order valence-electron chi connectivity index (χ3n) is 2.21. The molecule has 0 spiro atoms. The van der Waals surface area contributed by atoms with Gasteiger partial charge < -0.3 is 4.74 Å². The van der Waals surface area contributed by atoms with Crippen LogP contribution in [-0.2, 0) is 6.61 Å². The maximum Gasteiger partial charge on any atom is 0.237 e. The van der Waals surface area contributed by atoms with E-state index in [1.807, 2.05) is 5.38 Å². The lowest BCUT2D eigenvalue weighted by Crippen LogP contribution is -1.97. The highest BCUT2D eigenvalue weighted by Gasteiger charge is 1.99. The summed E-state index contributed by atoms with van der Waals surface area (Å²) in [4.78, 5) is 4.12. The van der Waals surface area contributed by atoms with Crippen LogP contribution in [0.1, 0.15) is 5.01 Å². The van der Waals surface area contributed by atoms with Crippen LogP contribution in [-0.4, -0.2) is 10.7 Å². The first kappa shape index (κ1) is 13.5. The van der Waals surface area contributed by atoms with E-state index < -0.39 is 0 Å². The Bertz CT molecular complexity index is 648. The van der Waals surface area contributed by atoms with Gasteiger partial charge in [0.25, 0.3) is 0 Å². The van der Waals surface area contributed by atoms with Crippen molar-refractivity contribution in [2.75, 3.05) is 5.43 Å². The van der Waals surface area contributed by atoms with E-state index in [0.29, 0.717) is 18.0 Å². The molecule has 0 unspecified atom stereocenters. The Kier molecular flexibility index (Phi) is 4.65. The zero-order valence-corrected chi connectivity index (χ0v) is 11.1. The minimum atomic E-state index is -0.228. The molecule has 2 aromatic rings. The fraction of sp³-hybridized carbons (Fsp3) is 0.0769. The first-order valence-corrected chi connectivity index (χ1v) is 6.45. The molecule has 1 heterocycles. The fourth-order valence-corrected chi connectivity index (χ4v) is 1.82. The number of rotatable bonds is 5. The van der Waals surface area contributed by atoms with Crippen molar-refractivity contribution < 1.29 is 4.74 Å². The van der Waals surface area contributed by atoms with Gasteiger partial charge in [0.15, 0.2) is 0 Å². The third kappa shape index (κ3) is 3.80. The third-order valence-corrected chi connectivity index (χ3v) is 2.96. The molecule has 6 nitrogen and oxygen atoms in total. The summed E-state index contributed by atoms with van der Waals surface area (Å²) in [5.74, 6) is 0.704. The van der Waals surface area contributed by atoms with Crippen molar-refractivity contribution in [3.63, 3.8) is 0 Å². The van der Waals surface area contributed by atoms with Crippen LogP contribution in [0, 0.1) is 22.7 Å². The minimum Gasteiger partial charge on any atom is -0.486 e. The molecular formula is C13H9N5OS. The molecule has 0 saturated carbocycles. The van der Waals surface area contributed by atoms with Gasteiger partial charge in [-0.2, -0.15) is 15.6 Å². The van der Waals surface area contributed by atoms with Crippen LogP contribution in [0.3, 0.4) is 0 Å². The van der Waals surface area contributed by atoms with Crippen molar-refractivity contribution in [3.8, 4) is 17.9 Å². The SMILES string of the molecule is N#CC(C#N)=NNc1ccc(OCc2nccs2)cc1. The predicted octanol–water partition coefficient (Wildman–Crippen LogP) is 2.54. The molecule has 2 rings (SSSR count). The molecule has 1 N–H and O–H groups in total. The van der Waals surface area contributed by atoms with Gasteiger partial charge in [-0.3, -0.25) is 5.43 Å². The molecule has 0 atom stereocenters. The number of hydrogen-bond donors (Lipinski definition) is 1. The van der Waals surface area contributed by atoms with Gasteiger partial charge in [-0.1, -0.05) is 0 Å². The first-order chi connectivity index (χ1) is 9.81. The summed E-state index contributed by atoms with van der Waals surface area (Å²) in [6.07, 6.45) is 1.73. The average molecular weight is 283 g/mol. The highest BCUT2D eigenvalue weighted by atomic mass is 32.1. The Morgan fingerprint density at radius 2 is 2.05 bits per heavy atom. The number of aromatic nitrogens is 1. The van der Waals surface area contributed by atoms with Crippen LogP contribution in [0.15, 0.2) is 40.9 Å². The quantitative estimate of drug-likeness (QED) is 0.672. The van der Waals surface area contributed by atoms with Crippen LogP contribution >= 0.6 is 11.3 Å². The Labute approximate surface area is 119 Å². The number of hydrogen-bond acceptors (Lipinski definition) is 7. The van der Waals surface area contributed by atoms with Crippen molar-refractivity contribution in [2.45, 2.75) is 6.61 Å². The second-order valence-electron chi connectivity index (χ2n) is 3.53. The van der Waals surface area contributed by atoms with Gasteiger partial charge in [0.2, 0.25) is 5.71 Å². The molecule has 0 aliphatic rings. The lowest BCUT2D eigenvalue weighted by Gasteiger charge is -2.05. The van der Waals surface area contributed by atoms with Gasteiger partial charge in [-0.15, -0.1) is 11.3 Å². The van der Waals surface area contributed by atoms with Crippen LogP contribution in [0.4, 0.5) is 5.69 Å². The van der Waals surface area contributed by atoms with Crippen LogP contribution in [0.2, 0.25) is 0 Å². The number of hydrazone groups is 1. The van der Waals surface area contributed by atoms with E-state index in [2.05, 4.69) is 15.5 Å². The maximum absolute atomic E-state index is 8.54. The van der Waals surface area contributed by atoms with E-state index in [4.69, 9.17) is 15.3 Å². The minimum absolute atomic E-state index is 0.228. The topological polar surface area (TPSA) is 94.1 Å². The Hall–Kier alpha value is -2.90. The summed E-state index contributed by atoms with van der Waals surface area (Å²) in [5, 5.41) is 23.5.